The van der Waals surface area contributed by atoms with Gasteiger partial charge in [0.05, 0.1) is 7.11 Å². The molecule has 1 aromatic heterocycles. The molecule has 0 atom stereocenters. The third-order valence-corrected chi connectivity index (χ3v) is 5.29. The third kappa shape index (κ3) is 4.62. The number of ether oxygens (including phenoxy) is 2. The summed E-state index contributed by atoms with van der Waals surface area (Å²) in [6.07, 6.45) is 6.68. The lowest BCUT2D eigenvalue weighted by Gasteiger charge is -2.15. The van der Waals surface area contributed by atoms with Crippen molar-refractivity contribution in [1.82, 2.24) is 10.3 Å². The van der Waals surface area contributed by atoms with Crippen LogP contribution in [0.15, 0.2) is 36.2 Å². The molecule has 0 unspecified atom stereocenters. The first-order chi connectivity index (χ1) is 14.4. The number of allylic oxidation sites excluding steroid dienone is 2. The van der Waals surface area contributed by atoms with Crippen molar-refractivity contribution in [3.8, 4) is 11.5 Å². The van der Waals surface area contributed by atoms with Crippen molar-refractivity contribution in [1.29, 1.82) is 0 Å². The van der Waals surface area contributed by atoms with E-state index < -0.39 is 5.97 Å². The zero-order chi connectivity index (χ0) is 21.7. The Kier molecular flexibility index (Phi) is 6.72. The highest BCUT2D eigenvalue weighted by molar-refractivity contribution is 5.98. The van der Waals surface area contributed by atoms with Gasteiger partial charge < -0.3 is 19.9 Å². The van der Waals surface area contributed by atoms with E-state index in [1.54, 1.807) is 19.5 Å². The number of methoxy groups -OCH3 is 1. The molecule has 1 aliphatic heterocycles. The topological polar surface area (TPSA) is 97.8 Å². The molecule has 158 valence electrons. The molecule has 1 aliphatic rings. The maximum atomic E-state index is 12.1. The highest BCUT2D eigenvalue weighted by atomic mass is 16.5. The number of pyridine rings is 1. The van der Waals surface area contributed by atoms with Gasteiger partial charge >= 0.3 is 5.97 Å². The number of cyclic esters (lactones) is 1. The van der Waals surface area contributed by atoms with Crippen molar-refractivity contribution in [2.45, 2.75) is 46.3 Å². The average Bonchev–Trinajstić information content (AvgIpc) is 3.15. The summed E-state index contributed by atoms with van der Waals surface area (Å²) in [6, 6.07) is 3.72. The van der Waals surface area contributed by atoms with Crippen LogP contribution in [-0.2, 0) is 29.1 Å². The molecule has 0 saturated heterocycles. The van der Waals surface area contributed by atoms with Gasteiger partial charge in [0.1, 0.15) is 23.7 Å². The van der Waals surface area contributed by atoms with Crippen LogP contribution in [0.2, 0.25) is 0 Å². The van der Waals surface area contributed by atoms with Crippen molar-refractivity contribution < 1.29 is 24.2 Å². The summed E-state index contributed by atoms with van der Waals surface area (Å²) >= 11 is 0. The first-order valence-electron chi connectivity index (χ1n) is 9.82. The molecule has 3 rings (SSSR count). The number of amides is 1. The molecule has 1 aromatic carbocycles. The van der Waals surface area contributed by atoms with E-state index in [4.69, 9.17) is 9.47 Å². The zero-order valence-electron chi connectivity index (χ0n) is 17.4. The summed E-state index contributed by atoms with van der Waals surface area (Å²) in [7, 11) is 1.54. The van der Waals surface area contributed by atoms with Gasteiger partial charge in [-0.2, -0.15) is 0 Å². The molecule has 2 aromatic rings. The van der Waals surface area contributed by atoms with Crippen LogP contribution in [0.5, 0.6) is 11.5 Å². The molecule has 7 heteroatoms. The predicted molar refractivity (Wildman–Crippen MR) is 111 cm³/mol. The van der Waals surface area contributed by atoms with Gasteiger partial charge in [-0.3, -0.25) is 9.78 Å². The minimum absolute atomic E-state index is 0.0314. The maximum absolute atomic E-state index is 12.1. The molecule has 0 spiro atoms. The van der Waals surface area contributed by atoms with E-state index in [2.05, 4.69) is 10.3 Å². The standard InChI is InChI=1S/C23H26N2O5/c1-14(5-7-19(26)25-12-16-8-10-24-11-9-16)4-6-17-21(27)20-18(13-30-23(20)28)15(2)22(17)29-3/h4,8-11,27H,5-7,12-13H2,1-3H3,(H,25,26). The normalized spacial score (nSPS) is 13.0. The summed E-state index contributed by atoms with van der Waals surface area (Å²) in [6.45, 7) is 4.41. The van der Waals surface area contributed by atoms with E-state index >= 15 is 0 Å². The summed E-state index contributed by atoms with van der Waals surface area (Å²) in [5.41, 5.74) is 4.26. The van der Waals surface area contributed by atoms with Crippen LogP contribution in [-0.4, -0.2) is 29.1 Å². The summed E-state index contributed by atoms with van der Waals surface area (Å²) in [4.78, 5) is 28.0. The lowest BCUT2D eigenvalue weighted by Crippen LogP contribution is -2.22. The van der Waals surface area contributed by atoms with Gasteiger partial charge in [-0.25, -0.2) is 4.79 Å². The molecule has 0 radical (unpaired) electrons. The van der Waals surface area contributed by atoms with Crippen LogP contribution in [0.4, 0.5) is 0 Å². The average molecular weight is 410 g/mol. The highest BCUT2D eigenvalue weighted by Crippen LogP contribution is 2.42. The number of carbonyl (C=O) groups is 2. The number of hydrogen-bond donors (Lipinski definition) is 2. The van der Waals surface area contributed by atoms with Crippen LogP contribution < -0.4 is 10.1 Å². The largest absolute Gasteiger partial charge is 0.507 e. The molecule has 2 N–H and O–H groups in total. The molecule has 2 heterocycles. The molecule has 1 amide bonds. The monoisotopic (exact) mass is 410 g/mol. The van der Waals surface area contributed by atoms with Crippen molar-refractivity contribution in [2.75, 3.05) is 7.11 Å². The summed E-state index contributed by atoms with van der Waals surface area (Å²) in [5, 5.41) is 13.5. The SMILES string of the molecule is COc1c(C)c2c(c(O)c1CC=C(C)CCC(=O)NCc1ccncc1)C(=O)OC2. The Morgan fingerprint density at radius 3 is 2.77 bits per heavy atom. The quantitative estimate of drug-likeness (QED) is 0.512. The van der Waals surface area contributed by atoms with Gasteiger partial charge in [0, 0.05) is 36.5 Å². The molecular formula is C23H26N2O5. The van der Waals surface area contributed by atoms with E-state index in [1.165, 1.54) is 0 Å². The number of nitrogens with zero attached hydrogens (tertiary/aromatic N) is 1. The number of phenols is 1. The van der Waals surface area contributed by atoms with E-state index in [0.29, 0.717) is 42.7 Å². The molecule has 0 saturated carbocycles. The molecule has 0 fully saturated rings. The number of phenolic OH excluding ortho intramolecular Hbond substituents is 1. The molecule has 0 aliphatic carbocycles. The van der Waals surface area contributed by atoms with Crippen molar-refractivity contribution in [3.05, 3.63) is 64.0 Å². The Morgan fingerprint density at radius 2 is 2.07 bits per heavy atom. The Morgan fingerprint density at radius 1 is 1.33 bits per heavy atom. The molecule has 7 nitrogen and oxygen atoms in total. The van der Waals surface area contributed by atoms with E-state index in [1.807, 2.05) is 32.1 Å². The van der Waals surface area contributed by atoms with Gasteiger partial charge in [-0.15, -0.1) is 0 Å². The minimum atomic E-state index is -0.513. The van der Waals surface area contributed by atoms with Gasteiger partial charge in [0.2, 0.25) is 5.91 Å². The Hall–Kier alpha value is -3.35. The van der Waals surface area contributed by atoms with Crippen LogP contribution in [0.3, 0.4) is 0 Å². The van der Waals surface area contributed by atoms with E-state index in [9.17, 15) is 14.7 Å². The fourth-order valence-electron chi connectivity index (χ4n) is 3.51. The molecule has 30 heavy (non-hydrogen) atoms. The van der Waals surface area contributed by atoms with E-state index in [0.717, 1.165) is 16.7 Å². The van der Waals surface area contributed by atoms with Gasteiger partial charge in [0.15, 0.2) is 0 Å². The fourth-order valence-corrected chi connectivity index (χ4v) is 3.51. The smallest absolute Gasteiger partial charge is 0.342 e. The van der Waals surface area contributed by atoms with Crippen LogP contribution >= 0.6 is 0 Å². The first kappa shape index (κ1) is 21.4. The van der Waals surface area contributed by atoms with Crippen LogP contribution in [0, 0.1) is 6.92 Å². The Labute approximate surface area is 175 Å². The number of aromatic nitrogens is 1. The number of carbonyl (C=O) groups excluding carboxylic acids is 2. The second-order valence-electron chi connectivity index (χ2n) is 7.30. The van der Waals surface area contributed by atoms with Gasteiger partial charge in [0.25, 0.3) is 0 Å². The second kappa shape index (κ2) is 9.43. The van der Waals surface area contributed by atoms with Gasteiger partial charge in [-0.05, 0) is 49.9 Å². The maximum Gasteiger partial charge on any atom is 0.342 e. The number of fused-ring (bicyclic) bond motifs is 1. The van der Waals surface area contributed by atoms with Crippen molar-refractivity contribution >= 4 is 11.9 Å². The first-order valence-corrected chi connectivity index (χ1v) is 9.82. The summed E-state index contributed by atoms with van der Waals surface area (Å²) < 4.78 is 10.6. The minimum Gasteiger partial charge on any atom is -0.507 e. The molecule has 0 bridgehead atoms. The number of rotatable bonds is 8. The number of nitrogens with one attached hydrogen (secondary N) is 1. The molecular weight excluding hydrogens is 384 g/mol. The third-order valence-electron chi connectivity index (χ3n) is 5.29. The van der Waals surface area contributed by atoms with E-state index in [-0.39, 0.29) is 23.8 Å². The fraction of sp³-hybridized carbons (Fsp3) is 0.348. The number of hydrogen-bond acceptors (Lipinski definition) is 6. The summed E-state index contributed by atoms with van der Waals surface area (Å²) in [5.74, 6) is -0.0741. The lowest BCUT2D eigenvalue weighted by molar-refractivity contribution is -0.121. The number of benzene rings is 1. The highest BCUT2D eigenvalue weighted by Gasteiger charge is 2.31. The Bertz CT molecular complexity index is 983. The predicted octanol–water partition coefficient (Wildman–Crippen LogP) is 3.36. The van der Waals surface area contributed by atoms with Crippen LogP contribution in [0.1, 0.15) is 52.4 Å². The van der Waals surface area contributed by atoms with Crippen molar-refractivity contribution in [2.24, 2.45) is 0 Å². The number of esters is 1. The lowest BCUT2D eigenvalue weighted by atomic mass is 9.94. The van der Waals surface area contributed by atoms with Gasteiger partial charge in [-0.1, -0.05) is 11.6 Å². The number of aromatic hydroxyl groups is 1. The van der Waals surface area contributed by atoms with Crippen LogP contribution in [0.25, 0.3) is 0 Å². The zero-order valence-corrected chi connectivity index (χ0v) is 17.4. The second-order valence-corrected chi connectivity index (χ2v) is 7.30. The van der Waals surface area contributed by atoms with Crippen molar-refractivity contribution in [3.63, 3.8) is 0 Å². The Balaban J connectivity index is 1.63.